The number of benzene rings is 1. The van der Waals surface area contributed by atoms with E-state index in [0.717, 1.165) is 18.7 Å². The normalized spacial score (nSPS) is 11.4. The molecular formula is C12H14F3IN2O. The molecule has 0 aromatic heterocycles. The summed E-state index contributed by atoms with van der Waals surface area (Å²) >= 11 is 1.76. The van der Waals surface area contributed by atoms with Gasteiger partial charge in [-0.2, -0.15) is 13.2 Å². The molecule has 1 aromatic rings. The minimum Gasteiger partial charge on any atom is -0.351 e. The Hall–Kier alpha value is -0.830. The topological polar surface area (TPSA) is 41.1 Å². The van der Waals surface area contributed by atoms with Crippen LogP contribution in [0.2, 0.25) is 0 Å². The molecule has 106 valence electrons. The van der Waals surface area contributed by atoms with Crippen LogP contribution in [0.5, 0.6) is 0 Å². The molecular weight excluding hydrogens is 372 g/mol. The van der Waals surface area contributed by atoms with Crippen molar-refractivity contribution in [3.63, 3.8) is 0 Å². The smallest absolute Gasteiger partial charge is 0.351 e. The molecule has 0 saturated carbocycles. The maximum Gasteiger partial charge on any atom is 0.416 e. The van der Waals surface area contributed by atoms with Gasteiger partial charge in [-0.25, -0.2) is 0 Å². The van der Waals surface area contributed by atoms with Crippen LogP contribution in [-0.2, 0) is 6.18 Å². The molecule has 1 amide bonds. The molecule has 0 saturated heterocycles. The zero-order valence-electron chi connectivity index (χ0n) is 10.3. The Morgan fingerprint density at radius 2 is 1.95 bits per heavy atom. The highest BCUT2D eigenvalue weighted by Gasteiger charge is 2.31. The standard InChI is InChI=1S/C12H14F3IN2O/c1-2-17-3-4-18-11(19)8-5-9(12(13,14)15)7-10(16)6-8/h5-7,17H,2-4H2,1H3,(H,18,19). The number of hydrogen-bond donors (Lipinski definition) is 2. The van der Waals surface area contributed by atoms with Crippen LogP contribution in [0, 0.1) is 3.57 Å². The van der Waals surface area contributed by atoms with Crippen LogP contribution < -0.4 is 10.6 Å². The number of halogens is 4. The Morgan fingerprint density at radius 3 is 2.53 bits per heavy atom. The Kier molecular flexibility index (Phi) is 6.05. The molecule has 0 atom stereocenters. The fraction of sp³-hybridized carbons (Fsp3) is 0.417. The lowest BCUT2D eigenvalue weighted by Gasteiger charge is -2.10. The lowest BCUT2D eigenvalue weighted by molar-refractivity contribution is -0.137. The zero-order chi connectivity index (χ0) is 14.5. The summed E-state index contributed by atoms with van der Waals surface area (Å²) in [6, 6.07) is 3.30. The van der Waals surface area contributed by atoms with E-state index >= 15 is 0 Å². The zero-order valence-corrected chi connectivity index (χ0v) is 12.4. The SMILES string of the molecule is CCNCCNC(=O)c1cc(I)cc(C(F)(F)F)c1. The molecule has 1 rings (SSSR count). The minimum absolute atomic E-state index is 0.0238. The van der Waals surface area contributed by atoms with Gasteiger partial charge >= 0.3 is 6.18 Å². The molecule has 0 aliphatic heterocycles. The molecule has 0 aliphatic rings. The predicted octanol–water partition coefficient (Wildman–Crippen LogP) is 2.65. The molecule has 0 heterocycles. The summed E-state index contributed by atoms with van der Waals surface area (Å²) in [5.74, 6) is -0.498. The summed E-state index contributed by atoms with van der Waals surface area (Å²) in [5.41, 5.74) is -0.785. The Balaban J connectivity index is 2.77. The fourth-order valence-electron chi connectivity index (χ4n) is 1.43. The second-order valence-corrected chi connectivity index (χ2v) is 5.08. The molecule has 19 heavy (non-hydrogen) atoms. The van der Waals surface area contributed by atoms with Crippen molar-refractivity contribution in [3.8, 4) is 0 Å². The van der Waals surface area contributed by atoms with Crippen LogP contribution in [-0.4, -0.2) is 25.5 Å². The molecule has 0 spiro atoms. The second-order valence-electron chi connectivity index (χ2n) is 3.84. The van der Waals surface area contributed by atoms with Crippen molar-refractivity contribution in [2.24, 2.45) is 0 Å². The minimum atomic E-state index is -4.44. The molecule has 3 nitrogen and oxygen atoms in total. The number of likely N-dealkylation sites (N-methyl/N-ethyl adjacent to an activating group) is 1. The fourth-order valence-corrected chi connectivity index (χ4v) is 2.10. The van der Waals surface area contributed by atoms with Gasteiger partial charge in [0.05, 0.1) is 5.56 Å². The van der Waals surface area contributed by atoms with Gasteiger partial charge in [-0.3, -0.25) is 4.79 Å². The van der Waals surface area contributed by atoms with E-state index in [1.54, 1.807) is 22.6 Å². The number of alkyl halides is 3. The molecule has 2 N–H and O–H groups in total. The highest BCUT2D eigenvalue weighted by Crippen LogP contribution is 2.31. The van der Waals surface area contributed by atoms with Crippen molar-refractivity contribution in [3.05, 3.63) is 32.9 Å². The van der Waals surface area contributed by atoms with Gasteiger partial charge in [-0.15, -0.1) is 0 Å². The summed E-state index contributed by atoms with van der Waals surface area (Å²) in [6.07, 6.45) is -4.44. The van der Waals surface area contributed by atoms with Crippen molar-refractivity contribution in [1.29, 1.82) is 0 Å². The van der Waals surface area contributed by atoms with Crippen LogP contribution in [0.1, 0.15) is 22.8 Å². The average Bonchev–Trinajstić information content (AvgIpc) is 2.32. The van der Waals surface area contributed by atoms with E-state index in [1.165, 1.54) is 6.07 Å². The number of rotatable bonds is 5. The summed E-state index contributed by atoms with van der Waals surface area (Å²) in [7, 11) is 0. The number of hydrogen-bond acceptors (Lipinski definition) is 2. The first kappa shape index (κ1) is 16.2. The average molecular weight is 386 g/mol. The summed E-state index contributed by atoms with van der Waals surface area (Å²) in [4.78, 5) is 11.7. The van der Waals surface area contributed by atoms with Gasteiger partial charge in [-0.1, -0.05) is 6.92 Å². The monoisotopic (exact) mass is 386 g/mol. The van der Waals surface area contributed by atoms with Crippen molar-refractivity contribution in [1.82, 2.24) is 10.6 Å². The number of nitrogens with one attached hydrogen (secondary N) is 2. The van der Waals surface area contributed by atoms with Gasteiger partial charge in [0, 0.05) is 22.2 Å². The van der Waals surface area contributed by atoms with E-state index in [-0.39, 0.29) is 5.56 Å². The van der Waals surface area contributed by atoms with Crippen LogP contribution in [0.25, 0.3) is 0 Å². The van der Waals surface area contributed by atoms with Gasteiger partial charge in [0.15, 0.2) is 0 Å². The maximum absolute atomic E-state index is 12.6. The van der Waals surface area contributed by atoms with Crippen molar-refractivity contribution < 1.29 is 18.0 Å². The Bertz CT molecular complexity index is 449. The van der Waals surface area contributed by atoms with Gasteiger partial charge in [0.2, 0.25) is 0 Å². The third-order valence-electron chi connectivity index (χ3n) is 2.32. The quantitative estimate of drug-likeness (QED) is 0.604. The van der Waals surface area contributed by atoms with Crippen LogP contribution >= 0.6 is 22.6 Å². The molecule has 7 heteroatoms. The van der Waals surface area contributed by atoms with Crippen LogP contribution in [0.4, 0.5) is 13.2 Å². The molecule has 0 fully saturated rings. The van der Waals surface area contributed by atoms with E-state index in [9.17, 15) is 18.0 Å². The van der Waals surface area contributed by atoms with Gasteiger partial charge < -0.3 is 10.6 Å². The predicted molar refractivity (Wildman–Crippen MR) is 75.0 cm³/mol. The van der Waals surface area contributed by atoms with Gasteiger partial charge in [0.1, 0.15) is 0 Å². The summed E-state index contributed by atoms with van der Waals surface area (Å²) in [6.45, 7) is 3.66. The molecule has 0 bridgehead atoms. The van der Waals surface area contributed by atoms with Crippen LogP contribution in [0.15, 0.2) is 18.2 Å². The van der Waals surface area contributed by atoms with Crippen molar-refractivity contribution >= 4 is 28.5 Å². The van der Waals surface area contributed by atoms with Crippen molar-refractivity contribution in [2.75, 3.05) is 19.6 Å². The Morgan fingerprint density at radius 1 is 1.26 bits per heavy atom. The lowest BCUT2D eigenvalue weighted by atomic mass is 10.1. The first-order chi connectivity index (χ1) is 8.84. The first-order valence-corrected chi connectivity index (χ1v) is 6.79. The third kappa shape index (κ3) is 5.35. The first-order valence-electron chi connectivity index (χ1n) is 5.71. The Labute approximate surface area is 123 Å². The van der Waals surface area contributed by atoms with Crippen LogP contribution in [0.3, 0.4) is 0 Å². The van der Waals surface area contributed by atoms with E-state index in [2.05, 4.69) is 10.6 Å². The van der Waals surface area contributed by atoms with Gasteiger partial charge in [-0.05, 0) is 47.3 Å². The van der Waals surface area contributed by atoms with E-state index < -0.39 is 17.6 Å². The molecule has 0 unspecified atom stereocenters. The van der Waals surface area contributed by atoms with E-state index in [0.29, 0.717) is 16.7 Å². The van der Waals surface area contributed by atoms with E-state index in [1.807, 2.05) is 6.92 Å². The maximum atomic E-state index is 12.6. The number of carbonyl (C=O) groups excluding carboxylic acids is 1. The van der Waals surface area contributed by atoms with Crippen molar-refractivity contribution in [2.45, 2.75) is 13.1 Å². The molecule has 0 aliphatic carbocycles. The highest BCUT2D eigenvalue weighted by molar-refractivity contribution is 14.1. The number of carbonyl (C=O) groups is 1. The largest absolute Gasteiger partial charge is 0.416 e. The third-order valence-corrected chi connectivity index (χ3v) is 2.95. The second kappa shape index (κ2) is 7.09. The van der Waals surface area contributed by atoms with E-state index in [4.69, 9.17) is 0 Å². The number of amides is 1. The lowest BCUT2D eigenvalue weighted by Crippen LogP contribution is -2.31. The molecule has 0 radical (unpaired) electrons. The molecule has 1 aromatic carbocycles. The summed E-state index contributed by atoms with van der Waals surface area (Å²) < 4.78 is 38.2. The highest BCUT2D eigenvalue weighted by atomic mass is 127. The summed E-state index contributed by atoms with van der Waals surface area (Å²) in [5, 5.41) is 5.57. The van der Waals surface area contributed by atoms with Gasteiger partial charge in [0.25, 0.3) is 5.91 Å².